The maximum atomic E-state index is 14.8. The highest BCUT2D eigenvalue weighted by Gasteiger charge is 2.39. The van der Waals surface area contributed by atoms with E-state index in [0.717, 1.165) is 12.8 Å². The summed E-state index contributed by atoms with van der Waals surface area (Å²) in [6.45, 7) is 15.1. The number of carbonyl (C=O) groups excluding carboxylic acids is 6. The topological polar surface area (TPSA) is 187 Å². The molecule has 458 valence electrons. The van der Waals surface area contributed by atoms with Crippen LogP contribution in [0.2, 0.25) is 0 Å². The van der Waals surface area contributed by atoms with Crippen LogP contribution in [0.15, 0.2) is 72.8 Å². The molecule has 2 amide bonds. The zero-order chi connectivity index (χ0) is 60.1. The lowest BCUT2D eigenvalue weighted by molar-refractivity contribution is -0.116. The van der Waals surface area contributed by atoms with Gasteiger partial charge in [0.1, 0.15) is 0 Å². The molecule has 0 saturated heterocycles. The molecule has 4 aromatic carbocycles. The highest BCUT2D eigenvalue weighted by Crippen LogP contribution is 2.44. The summed E-state index contributed by atoms with van der Waals surface area (Å²) in [6.07, 6.45) is 27.9. The van der Waals surface area contributed by atoms with Crippen molar-refractivity contribution in [1.29, 1.82) is 0 Å². The van der Waals surface area contributed by atoms with E-state index in [2.05, 4.69) is 35.1 Å². The smallest absolute Gasteiger partial charge is 0.238 e. The summed E-state index contributed by atoms with van der Waals surface area (Å²) in [4.78, 5) is 86.1. The Bertz CT molecular complexity index is 2570. The number of carbonyl (C=O) groups is 6. The third-order valence-corrected chi connectivity index (χ3v) is 16.0. The molecule has 14 nitrogen and oxygen atoms in total. The zero-order valence-electron chi connectivity index (χ0n) is 51.5. The molecule has 0 spiro atoms. The molecule has 0 bridgehead atoms. The lowest BCUT2D eigenvalue weighted by Crippen LogP contribution is -2.38. The highest BCUT2D eigenvalue weighted by molar-refractivity contribution is 6.35. The zero-order valence-corrected chi connectivity index (χ0v) is 51.5. The van der Waals surface area contributed by atoms with Gasteiger partial charge in [0.05, 0.1) is 74.2 Å². The third-order valence-electron chi connectivity index (χ3n) is 16.0. The van der Waals surface area contributed by atoms with Crippen molar-refractivity contribution in [3.05, 3.63) is 117 Å². The molecule has 0 fully saturated rings. The van der Waals surface area contributed by atoms with Crippen LogP contribution < -0.4 is 21.3 Å². The predicted molar refractivity (Wildman–Crippen MR) is 336 cm³/mol. The van der Waals surface area contributed by atoms with Crippen molar-refractivity contribution in [2.45, 2.75) is 207 Å². The first-order valence-corrected chi connectivity index (χ1v) is 32.0. The van der Waals surface area contributed by atoms with Gasteiger partial charge in [-0.15, -0.1) is 0 Å². The van der Waals surface area contributed by atoms with Crippen LogP contribution in [0.3, 0.4) is 0 Å². The van der Waals surface area contributed by atoms with E-state index >= 15 is 0 Å². The van der Waals surface area contributed by atoms with Crippen LogP contribution in [-0.2, 0) is 28.5 Å². The van der Waals surface area contributed by atoms with Gasteiger partial charge in [-0.1, -0.05) is 203 Å². The Morgan fingerprint density at radius 1 is 0.369 bits per heavy atom. The molecule has 0 heterocycles. The van der Waals surface area contributed by atoms with Gasteiger partial charge in [0.25, 0.3) is 0 Å². The molecular formula is C70H98N4O10. The van der Waals surface area contributed by atoms with Gasteiger partial charge >= 0.3 is 0 Å². The number of fused-ring (bicyclic) bond motifs is 4. The monoisotopic (exact) mass is 1150 g/mol. The normalized spacial score (nSPS) is 14.1. The van der Waals surface area contributed by atoms with Crippen LogP contribution in [-0.4, -0.2) is 112 Å². The van der Waals surface area contributed by atoms with E-state index in [1.807, 2.05) is 27.7 Å². The molecule has 2 aliphatic carbocycles. The van der Waals surface area contributed by atoms with E-state index in [9.17, 15) is 28.8 Å². The van der Waals surface area contributed by atoms with E-state index in [4.69, 9.17) is 18.9 Å². The fraction of sp³-hybridized carbons (Fsp3) is 0.571. The fourth-order valence-corrected chi connectivity index (χ4v) is 11.1. The first kappa shape index (κ1) is 67.4. The van der Waals surface area contributed by atoms with E-state index in [-0.39, 0.29) is 104 Å². The van der Waals surface area contributed by atoms with Gasteiger partial charge < -0.3 is 40.2 Å². The van der Waals surface area contributed by atoms with Crippen molar-refractivity contribution in [3.63, 3.8) is 0 Å². The lowest BCUT2D eigenvalue weighted by Gasteiger charge is -2.27. The molecule has 14 heteroatoms. The Balaban J connectivity index is 1.04. The number of ketones is 4. The molecule has 4 unspecified atom stereocenters. The second kappa shape index (κ2) is 37.0. The molecule has 4 N–H and O–H groups in total. The summed E-state index contributed by atoms with van der Waals surface area (Å²) in [6, 6.07) is 18.8. The average Bonchev–Trinajstić information content (AvgIpc) is 3.58. The fourth-order valence-electron chi connectivity index (χ4n) is 11.1. The molecule has 4 atom stereocenters. The van der Waals surface area contributed by atoms with Crippen LogP contribution in [0.4, 0.5) is 11.4 Å². The second-order valence-corrected chi connectivity index (χ2v) is 23.4. The van der Waals surface area contributed by atoms with Gasteiger partial charge in [0.15, 0.2) is 23.1 Å². The second-order valence-electron chi connectivity index (χ2n) is 23.4. The number of unbranched alkanes of at least 4 members (excludes halogenated alkanes) is 20. The molecule has 84 heavy (non-hydrogen) atoms. The molecule has 0 radical (unpaired) electrons. The first-order chi connectivity index (χ1) is 40.8. The lowest BCUT2D eigenvalue weighted by atomic mass is 9.75. The van der Waals surface area contributed by atoms with Crippen LogP contribution in [0.25, 0.3) is 11.1 Å². The van der Waals surface area contributed by atoms with Crippen LogP contribution >= 0.6 is 0 Å². The minimum Gasteiger partial charge on any atom is -0.379 e. The Labute approximate surface area is 501 Å². The largest absolute Gasteiger partial charge is 0.379 e. The standard InChI is InChI=1S/C70H98N4O10/c1-7-9-11-13-15-17-19-21-23-25-31-41-81-47-51(5)83-45-49(3)71-43-61(75)73-59-39-37-53(63-65(59)69(79)57-35-29-27-33-55(57)67(63)77)54-38-40-60(66-64(54)68(78)56-34-28-30-36-58(56)70(66)80)74-62(76)44-72-50(4)46-84-52(6)48-82-42-32-26-24-22-20-18-16-14-12-10-8-2/h27-30,33-40,49-52,71-72H,7-26,31-32,41-48H2,1-6H3,(H,73,75)(H,74,76). The molecule has 2 aliphatic rings. The number of hydrogen-bond acceptors (Lipinski definition) is 12. The number of nitrogens with one attached hydrogen (secondary N) is 4. The molecule has 0 aromatic heterocycles. The molecule has 6 rings (SSSR count). The summed E-state index contributed by atoms with van der Waals surface area (Å²) in [7, 11) is 0. The number of rotatable bonds is 43. The quantitative estimate of drug-likeness (QED) is 0.0266. The summed E-state index contributed by atoms with van der Waals surface area (Å²) in [5, 5.41) is 12.1. The number of amides is 2. The summed E-state index contributed by atoms with van der Waals surface area (Å²) >= 11 is 0. The van der Waals surface area contributed by atoms with E-state index in [0.29, 0.717) is 39.6 Å². The maximum absolute atomic E-state index is 14.8. The summed E-state index contributed by atoms with van der Waals surface area (Å²) in [5.41, 5.74) is 1.25. The molecule has 4 aromatic rings. The van der Waals surface area contributed by atoms with Crippen molar-refractivity contribution in [2.24, 2.45) is 0 Å². The first-order valence-electron chi connectivity index (χ1n) is 32.0. The van der Waals surface area contributed by atoms with Gasteiger partial charge in [-0.2, -0.15) is 0 Å². The van der Waals surface area contributed by atoms with E-state index < -0.39 is 34.9 Å². The van der Waals surface area contributed by atoms with Crippen molar-refractivity contribution in [2.75, 3.05) is 63.4 Å². The summed E-state index contributed by atoms with van der Waals surface area (Å²) < 4.78 is 23.9. The van der Waals surface area contributed by atoms with Gasteiger partial charge in [0.2, 0.25) is 11.8 Å². The number of anilines is 2. The van der Waals surface area contributed by atoms with Crippen molar-refractivity contribution >= 4 is 46.3 Å². The highest BCUT2D eigenvalue weighted by atomic mass is 16.5. The Kier molecular flexibility index (Phi) is 29.6. The maximum Gasteiger partial charge on any atom is 0.238 e. The van der Waals surface area contributed by atoms with Crippen LogP contribution in [0, 0.1) is 0 Å². The SMILES string of the molecule is CCCCCCCCCCCCCOCC(C)OCC(C)NCC(=O)Nc1ccc(-c2ccc(NC(=O)CNC(C)COC(C)COCCCCCCCCCCCCC)c3c2C(=O)c2ccccc2C3=O)c2c1C(=O)c1ccccc1C2=O. The number of hydrogen-bond donors (Lipinski definition) is 4. The summed E-state index contributed by atoms with van der Waals surface area (Å²) in [5.74, 6) is -2.84. The van der Waals surface area contributed by atoms with Crippen LogP contribution in [0.1, 0.15) is 246 Å². The predicted octanol–water partition coefficient (Wildman–Crippen LogP) is 14.2. The van der Waals surface area contributed by atoms with Gasteiger partial charge in [-0.3, -0.25) is 28.8 Å². The van der Waals surface area contributed by atoms with Gasteiger partial charge in [-0.25, -0.2) is 0 Å². The molecular weight excluding hydrogens is 1060 g/mol. The molecule has 0 saturated carbocycles. The Hall–Kier alpha value is -5.74. The third kappa shape index (κ3) is 20.8. The average molecular weight is 1160 g/mol. The Morgan fingerprint density at radius 2 is 0.667 bits per heavy atom. The van der Waals surface area contributed by atoms with E-state index in [1.165, 1.54) is 128 Å². The van der Waals surface area contributed by atoms with Gasteiger partial charge in [0, 0.05) is 58.7 Å². The minimum atomic E-state index is -0.487. The van der Waals surface area contributed by atoms with Crippen molar-refractivity contribution < 1.29 is 47.7 Å². The Morgan fingerprint density at radius 3 is 0.988 bits per heavy atom. The molecule has 0 aliphatic heterocycles. The minimum absolute atomic E-state index is 0.0188. The number of benzene rings is 4. The van der Waals surface area contributed by atoms with Crippen LogP contribution in [0.5, 0.6) is 0 Å². The van der Waals surface area contributed by atoms with Gasteiger partial charge in [-0.05, 0) is 63.8 Å². The van der Waals surface area contributed by atoms with E-state index in [1.54, 1.807) is 72.8 Å². The number of ether oxygens (including phenoxy) is 4. The van der Waals surface area contributed by atoms with Crippen molar-refractivity contribution in [3.8, 4) is 11.1 Å². The van der Waals surface area contributed by atoms with Crippen molar-refractivity contribution in [1.82, 2.24) is 10.6 Å².